The molecule has 0 amide bonds. The van der Waals surface area contributed by atoms with Gasteiger partial charge in [0.05, 0.1) is 12.2 Å². The Morgan fingerprint density at radius 1 is 0.658 bits per heavy atom. The van der Waals surface area contributed by atoms with Gasteiger partial charge in [-0.05, 0) is 79.5 Å². The van der Waals surface area contributed by atoms with E-state index in [0.29, 0.717) is 11.3 Å². The lowest BCUT2D eigenvalue weighted by atomic mass is 9.78. The van der Waals surface area contributed by atoms with Crippen molar-refractivity contribution in [1.82, 2.24) is 0 Å². The molecule has 0 N–H and O–H groups in total. The molecular formula is C35H52O3. The van der Waals surface area contributed by atoms with Crippen LogP contribution in [0.2, 0.25) is 0 Å². The average molecular weight is 521 g/mol. The van der Waals surface area contributed by atoms with Crippen LogP contribution in [0.4, 0.5) is 0 Å². The second-order valence-electron chi connectivity index (χ2n) is 11.4. The van der Waals surface area contributed by atoms with Crippen molar-refractivity contribution in [1.29, 1.82) is 0 Å². The predicted molar refractivity (Wildman–Crippen MR) is 159 cm³/mol. The van der Waals surface area contributed by atoms with Crippen molar-refractivity contribution in [2.24, 2.45) is 11.8 Å². The number of carbonyl (C=O) groups is 1. The first-order chi connectivity index (χ1) is 18.7. The summed E-state index contributed by atoms with van der Waals surface area (Å²) in [5.41, 5.74) is 1.84. The summed E-state index contributed by atoms with van der Waals surface area (Å²) in [5, 5.41) is 0. The monoisotopic (exact) mass is 520 g/mol. The Hall–Kier alpha value is -2.29. The van der Waals surface area contributed by atoms with Gasteiger partial charge in [-0.25, -0.2) is 4.79 Å². The zero-order valence-electron chi connectivity index (χ0n) is 24.2. The van der Waals surface area contributed by atoms with Crippen molar-refractivity contribution in [2.75, 3.05) is 6.61 Å². The van der Waals surface area contributed by atoms with E-state index >= 15 is 0 Å². The van der Waals surface area contributed by atoms with E-state index in [1.807, 2.05) is 24.3 Å². The molecule has 210 valence electrons. The Morgan fingerprint density at radius 3 is 1.84 bits per heavy atom. The molecule has 0 aliphatic heterocycles. The first kappa shape index (κ1) is 30.3. The second-order valence-corrected chi connectivity index (χ2v) is 11.4. The lowest BCUT2D eigenvalue weighted by molar-refractivity contribution is 0.0734. The predicted octanol–water partition coefficient (Wildman–Crippen LogP) is 10.4. The van der Waals surface area contributed by atoms with E-state index in [2.05, 4.69) is 26.0 Å². The molecule has 2 aromatic carbocycles. The maximum absolute atomic E-state index is 12.5. The zero-order valence-corrected chi connectivity index (χ0v) is 24.2. The Bertz CT molecular complexity index is 878. The maximum Gasteiger partial charge on any atom is 0.343 e. The molecule has 3 nitrogen and oxygen atoms in total. The smallest absolute Gasteiger partial charge is 0.343 e. The Morgan fingerprint density at radius 2 is 1.21 bits per heavy atom. The molecule has 1 aliphatic rings. The minimum atomic E-state index is -0.330. The number of esters is 1. The van der Waals surface area contributed by atoms with Gasteiger partial charge >= 0.3 is 5.97 Å². The highest BCUT2D eigenvalue weighted by atomic mass is 16.5. The Kier molecular flexibility index (Phi) is 14.4. The maximum atomic E-state index is 12.5. The first-order valence-electron chi connectivity index (χ1n) is 15.7. The van der Waals surface area contributed by atoms with Gasteiger partial charge in [0.1, 0.15) is 11.5 Å². The second kappa shape index (κ2) is 18.1. The molecule has 3 rings (SSSR count). The fourth-order valence-electron chi connectivity index (χ4n) is 5.74. The molecule has 3 heteroatoms. The van der Waals surface area contributed by atoms with Gasteiger partial charge in [0.25, 0.3) is 0 Å². The number of hydrogen-bond acceptors (Lipinski definition) is 3. The lowest BCUT2D eigenvalue weighted by Crippen LogP contribution is -2.15. The minimum Gasteiger partial charge on any atom is -0.494 e. The summed E-state index contributed by atoms with van der Waals surface area (Å²) >= 11 is 0. The summed E-state index contributed by atoms with van der Waals surface area (Å²) in [5.74, 6) is 2.94. The highest BCUT2D eigenvalue weighted by molar-refractivity contribution is 5.91. The third-order valence-electron chi connectivity index (χ3n) is 8.25. The van der Waals surface area contributed by atoms with E-state index < -0.39 is 0 Å². The van der Waals surface area contributed by atoms with Crippen LogP contribution in [0, 0.1) is 11.8 Å². The first-order valence-corrected chi connectivity index (χ1v) is 15.7. The summed E-state index contributed by atoms with van der Waals surface area (Å²) in [6, 6.07) is 15.3. The van der Waals surface area contributed by atoms with E-state index in [0.717, 1.165) is 37.0 Å². The average Bonchev–Trinajstić information content (AvgIpc) is 2.95. The lowest BCUT2D eigenvalue weighted by Gasteiger charge is -2.28. The highest BCUT2D eigenvalue weighted by Crippen LogP contribution is 2.34. The van der Waals surface area contributed by atoms with E-state index in [4.69, 9.17) is 9.47 Å². The number of benzene rings is 2. The molecule has 0 radical (unpaired) electrons. The molecule has 0 unspecified atom stereocenters. The van der Waals surface area contributed by atoms with Crippen LogP contribution in [0.1, 0.15) is 133 Å². The number of aryl methyl sites for hydroxylation is 1. The molecule has 0 aromatic heterocycles. The van der Waals surface area contributed by atoms with Crippen LogP contribution < -0.4 is 9.47 Å². The summed E-state index contributed by atoms with van der Waals surface area (Å²) in [4.78, 5) is 12.5. The van der Waals surface area contributed by atoms with Gasteiger partial charge in [-0.3, -0.25) is 0 Å². The van der Waals surface area contributed by atoms with Crippen molar-refractivity contribution in [3.63, 3.8) is 0 Å². The largest absolute Gasteiger partial charge is 0.494 e. The van der Waals surface area contributed by atoms with Crippen LogP contribution in [-0.2, 0) is 6.42 Å². The van der Waals surface area contributed by atoms with E-state index in [1.54, 1.807) is 12.1 Å². The molecule has 0 heterocycles. The quantitative estimate of drug-likeness (QED) is 0.111. The molecular weight excluding hydrogens is 468 g/mol. The van der Waals surface area contributed by atoms with Crippen LogP contribution in [0.5, 0.6) is 11.5 Å². The van der Waals surface area contributed by atoms with Crippen LogP contribution in [0.25, 0.3) is 0 Å². The molecule has 0 spiro atoms. The zero-order chi connectivity index (χ0) is 26.8. The highest BCUT2D eigenvalue weighted by Gasteiger charge is 2.20. The third kappa shape index (κ3) is 11.6. The van der Waals surface area contributed by atoms with Crippen molar-refractivity contribution in [2.45, 2.75) is 123 Å². The molecule has 0 saturated heterocycles. The van der Waals surface area contributed by atoms with Crippen molar-refractivity contribution < 1.29 is 14.3 Å². The van der Waals surface area contributed by atoms with Gasteiger partial charge < -0.3 is 9.47 Å². The molecule has 2 aromatic rings. The van der Waals surface area contributed by atoms with Gasteiger partial charge in [0, 0.05) is 0 Å². The molecule has 1 saturated carbocycles. The van der Waals surface area contributed by atoms with Crippen molar-refractivity contribution in [3.8, 4) is 11.5 Å². The molecule has 1 aliphatic carbocycles. The Balaban J connectivity index is 1.28. The normalized spacial score (nSPS) is 17.3. The van der Waals surface area contributed by atoms with Gasteiger partial charge in [0.15, 0.2) is 0 Å². The SMILES string of the molecule is CCCCCCCC1CCC(CCCOc2ccc(C(=O)Oc3ccc(CCCCCC)cc3)cc2)CC1. The summed E-state index contributed by atoms with van der Waals surface area (Å²) in [6.07, 6.45) is 22.6. The van der Waals surface area contributed by atoms with E-state index in [1.165, 1.54) is 102 Å². The summed E-state index contributed by atoms with van der Waals surface area (Å²) in [7, 11) is 0. The van der Waals surface area contributed by atoms with E-state index in [-0.39, 0.29) is 5.97 Å². The molecule has 0 atom stereocenters. The standard InChI is InChI=1S/C35H52O3/c1-3-5-7-9-11-14-29-16-18-31(19-17-29)15-12-28-37-33-26-22-32(23-27-33)35(36)38-34-24-20-30(21-25-34)13-10-8-6-4-2/h20-27,29,31H,3-19,28H2,1-2H3. The Labute approximate surface area is 232 Å². The van der Waals surface area contributed by atoms with Crippen molar-refractivity contribution in [3.05, 3.63) is 59.7 Å². The molecule has 38 heavy (non-hydrogen) atoms. The summed E-state index contributed by atoms with van der Waals surface area (Å²) < 4.78 is 11.5. The fourth-order valence-corrected chi connectivity index (χ4v) is 5.74. The van der Waals surface area contributed by atoms with E-state index in [9.17, 15) is 4.79 Å². The number of unbranched alkanes of at least 4 members (excludes halogenated alkanes) is 7. The number of hydrogen-bond donors (Lipinski definition) is 0. The van der Waals surface area contributed by atoms with Gasteiger partial charge in [-0.2, -0.15) is 0 Å². The van der Waals surface area contributed by atoms with Crippen LogP contribution in [0.3, 0.4) is 0 Å². The van der Waals surface area contributed by atoms with Crippen LogP contribution in [0.15, 0.2) is 48.5 Å². The topological polar surface area (TPSA) is 35.5 Å². The van der Waals surface area contributed by atoms with Gasteiger partial charge in [-0.1, -0.05) is 109 Å². The van der Waals surface area contributed by atoms with Crippen molar-refractivity contribution >= 4 is 5.97 Å². The summed E-state index contributed by atoms with van der Waals surface area (Å²) in [6.45, 7) is 5.26. The number of ether oxygens (including phenoxy) is 2. The van der Waals surface area contributed by atoms with Gasteiger partial charge in [-0.15, -0.1) is 0 Å². The van der Waals surface area contributed by atoms with Crippen LogP contribution >= 0.6 is 0 Å². The van der Waals surface area contributed by atoms with Crippen LogP contribution in [-0.4, -0.2) is 12.6 Å². The number of carbonyl (C=O) groups excluding carboxylic acids is 1. The minimum absolute atomic E-state index is 0.330. The fraction of sp³-hybridized carbons (Fsp3) is 0.629. The molecule has 1 fully saturated rings. The van der Waals surface area contributed by atoms with Gasteiger partial charge in [0.2, 0.25) is 0 Å². The molecule has 0 bridgehead atoms. The third-order valence-corrected chi connectivity index (χ3v) is 8.25. The number of rotatable bonds is 18.